The van der Waals surface area contributed by atoms with Gasteiger partial charge >= 0.3 is 0 Å². The van der Waals surface area contributed by atoms with Crippen LogP contribution in [0, 0.1) is 39.5 Å². The van der Waals surface area contributed by atoms with Gasteiger partial charge in [-0.05, 0) is 62.4 Å². The van der Waals surface area contributed by atoms with Crippen molar-refractivity contribution in [2.45, 2.75) is 34.1 Å². The Kier molecular flexibility index (Phi) is 4.62. The Bertz CT molecular complexity index is 822. The van der Waals surface area contributed by atoms with Gasteiger partial charge in [-0.1, -0.05) is 30.3 Å². The second kappa shape index (κ2) is 6.71. The van der Waals surface area contributed by atoms with Gasteiger partial charge in [-0.25, -0.2) is 0 Å². The molecule has 3 rings (SSSR count). The summed E-state index contributed by atoms with van der Waals surface area (Å²) in [5, 5.41) is 5.96. The summed E-state index contributed by atoms with van der Waals surface area (Å²) in [6, 6.07) is 11.9. The van der Waals surface area contributed by atoms with Crippen molar-refractivity contribution in [1.29, 1.82) is 0 Å². The van der Waals surface area contributed by atoms with Gasteiger partial charge in [-0.3, -0.25) is 9.59 Å². The first-order valence-corrected chi connectivity index (χ1v) is 8.62. The van der Waals surface area contributed by atoms with Crippen molar-refractivity contribution in [1.82, 2.24) is 0 Å². The molecule has 2 amide bonds. The van der Waals surface area contributed by atoms with Crippen LogP contribution in [0.4, 0.5) is 11.4 Å². The summed E-state index contributed by atoms with van der Waals surface area (Å²) in [7, 11) is 0. The summed E-state index contributed by atoms with van der Waals surface area (Å²) < 4.78 is 0. The molecule has 2 aromatic carbocycles. The van der Waals surface area contributed by atoms with Crippen molar-refractivity contribution in [2.75, 3.05) is 10.6 Å². The average molecular weight is 336 g/mol. The second-order valence-corrected chi connectivity index (χ2v) is 7.01. The number of aryl methyl sites for hydroxylation is 4. The van der Waals surface area contributed by atoms with Gasteiger partial charge in [-0.2, -0.15) is 0 Å². The first-order valence-electron chi connectivity index (χ1n) is 8.62. The maximum Gasteiger partial charge on any atom is 0.228 e. The first kappa shape index (κ1) is 17.2. The summed E-state index contributed by atoms with van der Waals surface area (Å²) in [4.78, 5) is 24.9. The minimum Gasteiger partial charge on any atom is -0.326 e. The minimum absolute atomic E-state index is 0.0708. The molecule has 0 spiro atoms. The van der Waals surface area contributed by atoms with E-state index >= 15 is 0 Å². The van der Waals surface area contributed by atoms with Crippen molar-refractivity contribution in [3.8, 4) is 0 Å². The van der Waals surface area contributed by atoms with Crippen LogP contribution in [-0.4, -0.2) is 11.8 Å². The third-order valence-corrected chi connectivity index (χ3v) is 4.84. The molecule has 2 aromatic rings. The van der Waals surface area contributed by atoms with Gasteiger partial charge in [0.1, 0.15) is 0 Å². The number of hydrogen-bond acceptors (Lipinski definition) is 2. The summed E-state index contributed by atoms with van der Waals surface area (Å²) in [5.74, 6) is -0.637. The molecule has 130 valence electrons. The Morgan fingerprint density at radius 2 is 1.44 bits per heavy atom. The second-order valence-electron chi connectivity index (χ2n) is 7.01. The molecule has 4 heteroatoms. The van der Waals surface area contributed by atoms with Gasteiger partial charge in [0.2, 0.25) is 11.8 Å². The molecule has 2 unspecified atom stereocenters. The Hall–Kier alpha value is -2.62. The van der Waals surface area contributed by atoms with Crippen molar-refractivity contribution in [3.63, 3.8) is 0 Å². The largest absolute Gasteiger partial charge is 0.326 e. The SMILES string of the molecule is Cc1ccc(C)c(NC(=O)C2CC2C(=O)Nc2c(C)cccc2C)c1. The molecule has 0 heterocycles. The smallest absolute Gasteiger partial charge is 0.228 e. The third kappa shape index (κ3) is 3.73. The number of carbonyl (C=O) groups is 2. The van der Waals surface area contributed by atoms with E-state index in [1.54, 1.807) is 0 Å². The fraction of sp³-hybridized carbons (Fsp3) is 0.333. The monoisotopic (exact) mass is 336 g/mol. The zero-order valence-electron chi connectivity index (χ0n) is 15.1. The molecule has 0 bridgehead atoms. The molecule has 1 aliphatic rings. The predicted octanol–water partition coefficient (Wildman–Crippen LogP) is 4.13. The Morgan fingerprint density at radius 3 is 2.08 bits per heavy atom. The molecule has 2 N–H and O–H groups in total. The Morgan fingerprint density at radius 1 is 0.840 bits per heavy atom. The van der Waals surface area contributed by atoms with E-state index in [-0.39, 0.29) is 23.7 Å². The molecule has 0 radical (unpaired) electrons. The van der Waals surface area contributed by atoms with Crippen LogP contribution in [0.2, 0.25) is 0 Å². The molecule has 0 aromatic heterocycles. The topological polar surface area (TPSA) is 58.2 Å². The highest BCUT2D eigenvalue weighted by molar-refractivity contribution is 6.04. The van der Waals surface area contributed by atoms with Crippen molar-refractivity contribution < 1.29 is 9.59 Å². The van der Waals surface area contributed by atoms with E-state index in [1.807, 2.05) is 64.1 Å². The minimum atomic E-state index is -0.246. The van der Waals surface area contributed by atoms with Crippen LogP contribution >= 0.6 is 0 Å². The van der Waals surface area contributed by atoms with Crippen molar-refractivity contribution in [2.24, 2.45) is 11.8 Å². The molecule has 0 saturated heterocycles. The molecule has 4 nitrogen and oxygen atoms in total. The van der Waals surface area contributed by atoms with E-state index in [0.717, 1.165) is 33.6 Å². The fourth-order valence-corrected chi connectivity index (χ4v) is 3.10. The van der Waals surface area contributed by atoms with Gasteiger partial charge in [-0.15, -0.1) is 0 Å². The molecule has 1 aliphatic carbocycles. The lowest BCUT2D eigenvalue weighted by Crippen LogP contribution is -2.21. The quantitative estimate of drug-likeness (QED) is 0.882. The number of hydrogen-bond donors (Lipinski definition) is 2. The van der Waals surface area contributed by atoms with Crippen molar-refractivity contribution in [3.05, 3.63) is 58.7 Å². The number of amides is 2. The highest BCUT2D eigenvalue weighted by Gasteiger charge is 2.48. The van der Waals surface area contributed by atoms with Crippen LogP contribution in [0.15, 0.2) is 36.4 Å². The standard InChI is InChI=1S/C21H24N2O2/c1-12-8-9-13(2)18(10-12)22-20(24)16-11-17(16)21(25)23-19-14(3)6-5-7-15(19)4/h5-10,16-17H,11H2,1-4H3,(H,22,24)(H,23,25). The maximum absolute atomic E-state index is 12.5. The zero-order chi connectivity index (χ0) is 18.1. The number of anilines is 2. The third-order valence-electron chi connectivity index (χ3n) is 4.84. The number of nitrogens with one attached hydrogen (secondary N) is 2. The van der Waals surface area contributed by atoms with Gasteiger partial charge in [0.25, 0.3) is 0 Å². The lowest BCUT2D eigenvalue weighted by Gasteiger charge is -2.12. The summed E-state index contributed by atoms with van der Waals surface area (Å²) in [6.07, 6.45) is 0.605. The van der Waals surface area contributed by atoms with E-state index in [1.165, 1.54) is 0 Å². The van der Waals surface area contributed by atoms with E-state index in [4.69, 9.17) is 0 Å². The Balaban J connectivity index is 1.63. The average Bonchev–Trinajstić information content (AvgIpc) is 3.35. The lowest BCUT2D eigenvalue weighted by atomic mass is 10.1. The zero-order valence-corrected chi connectivity index (χ0v) is 15.1. The van der Waals surface area contributed by atoms with Crippen molar-refractivity contribution >= 4 is 23.2 Å². The molecule has 2 atom stereocenters. The lowest BCUT2D eigenvalue weighted by molar-refractivity contribution is -0.122. The molecular weight excluding hydrogens is 312 g/mol. The van der Waals surface area contributed by atoms with E-state index in [9.17, 15) is 9.59 Å². The number of benzene rings is 2. The van der Waals surface area contributed by atoms with E-state index in [2.05, 4.69) is 10.6 Å². The maximum atomic E-state index is 12.5. The highest BCUT2D eigenvalue weighted by atomic mass is 16.2. The van der Waals surface area contributed by atoms with Crippen LogP contribution in [0.1, 0.15) is 28.7 Å². The fourth-order valence-electron chi connectivity index (χ4n) is 3.10. The van der Waals surface area contributed by atoms with Crippen LogP contribution in [0.25, 0.3) is 0 Å². The Labute approximate surface area is 148 Å². The number of para-hydroxylation sites is 1. The van der Waals surface area contributed by atoms with Gasteiger partial charge in [0, 0.05) is 11.4 Å². The first-order chi connectivity index (χ1) is 11.9. The highest BCUT2D eigenvalue weighted by Crippen LogP contribution is 2.40. The van der Waals surface area contributed by atoms with Crippen LogP contribution < -0.4 is 10.6 Å². The van der Waals surface area contributed by atoms with E-state index < -0.39 is 0 Å². The summed E-state index contributed by atoms with van der Waals surface area (Å²) in [5.41, 5.74) is 5.87. The molecular formula is C21H24N2O2. The number of rotatable bonds is 4. The number of carbonyl (C=O) groups excluding carboxylic acids is 2. The van der Waals surface area contributed by atoms with Gasteiger partial charge in [0.05, 0.1) is 11.8 Å². The van der Waals surface area contributed by atoms with Crippen LogP contribution in [0.5, 0.6) is 0 Å². The molecule has 25 heavy (non-hydrogen) atoms. The normalized spacial score (nSPS) is 18.6. The van der Waals surface area contributed by atoms with E-state index in [0.29, 0.717) is 6.42 Å². The molecule has 0 aliphatic heterocycles. The van der Waals surface area contributed by atoms with Gasteiger partial charge < -0.3 is 10.6 Å². The van der Waals surface area contributed by atoms with Gasteiger partial charge in [0.15, 0.2) is 0 Å². The molecule has 1 fully saturated rings. The summed E-state index contributed by atoms with van der Waals surface area (Å²) >= 11 is 0. The molecule has 1 saturated carbocycles. The predicted molar refractivity (Wildman–Crippen MR) is 101 cm³/mol. The summed E-state index contributed by atoms with van der Waals surface area (Å²) in [6.45, 7) is 7.90. The van der Waals surface area contributed by atoms with Crippen LogP contribution in [0.3, 0.4) is 0 Å². The van der Waals surface area contributed by atoms with Crippen LogP contribution in [-0.2, 0) is 9.59 Å².